The van der Waals surface area contributed by atoms with Crippen LogP contribution >= 0.6 is 0 Å². The third-order valence-electron chi connectivity index (χ3n) is 6.65. The van der Waals surface area contributed by atoms with Crippen LogP contribution in [-0.4, -0.2) is 36.4 Å². The normalized spacial score (nSPS) is 19.5. The summed E-state index contributed by atoms with van der Waals surface area (Å²) in [4.78, 5) is 26.3. The highest BCUT2D eigenvalue weighted by molar-refractivity contribution is 5.89. The molecule has 3 heterocycles. The maximum absolute atomic E-state index is 14.6. The number of aromatic nitrogens is 1. The highest BCUT2D eigenvalue weighted by Crippen LogP contribution is 2.34. The number of ether oxygens (including phenoxy) is 1. The number of nitrogens with one attached hydrogen (secondary N) is 1. The summed E-state index contributed by atoms with van der Waals surface area (Å²) >= 11 is 0. The van der Waals surface area contributed by atoms with Crippen LogP contribution in [0.3, 0.4) is 0 Å². The Morgan fingerprint density at radius 2 is 1.82 bits per heavy atom. The van der Waals surface area contributed by atoms with Crippen molar-refractivity contribution in [2.75, 3.05) is 24.5 Å². The predicted molar refractivity (Wildman–Crippen MR) is 126 cm³/mol. The van der Waals surface area contributed by atoms with Crippen molar-refractivity contribution < 1.29 is 13.9 Å². The first-order valence-corrected chi connectivity index (χ1v) is 11.6. The Morgan fingerprint density at radius 1 is 1.03 bits per heavy atom. The van der Waals surface area contributed by atoms with Gasteiger partial charge in [-0.05, 0) is 54.1 Å². The van der Waals surface area contributed by atoms with E-state index in [-0.39, 0.29) is 29.5 Å². The van der Waals surface area contributed by atoms with Gasteiger partial charge in [-0.2, -0.15) is 0 Å². The highest BCUT2D eigenvalue weighted by atomic mass is 19.1. The van der Waals surface area contributed by atoms with Crippen LogP contribution in [0.2, 0.25) is 0 Å². The number of pyridine rings is 1. The molecule has 1 aromatic heterocycles. The summed E-state index contributed by atoms with van der Waals surface area (Å²) in [5.74, 6) is -0.431. The number of amides is 1. The number of carbonyl (C=O) groups excluding carboxylic acids is 1. The summed E-state index contributed by atoms with van der Waals surface area (Å²) in [7, 11) is 0. The minimum Gasteiger partial charge on any atom is -0.443 e. The van der Waals surface area contributed by atoms with Gasteiger partial charge in [-0.25, -0.2) is 9.18 Å². The van der Waals surface area contributed by atoms with Gasteiger partial charge in [0.2, 0.25) is 0 Å². The summed E-state index contributed by atoms with van der Waals surface area (Å²) in [5.41, 5.74) is 3.27. The maximum Gasteiger partial charge on any atom is 0.414 e. The quantitative estimate of drug-likeness (QED) is 0.560. The van der Waals surface area contributed by atoms with Crippen molar-refractivity contribution in [1.82, 2.24) is 9.88 Å². The fraction of sp³-hybridized carbons (Fsp3) is 0.385. The summed E-state index contributed by atoms with van der Waals surface area (Å²) in [5, 5.41) is 4.20. The lowest BCUT2D eigenvalue weighted by molar-refractivity contribution is 0.140. The Kier molecular flexibility index (Phi) is 5.89. The highest BCUT2D eigenvalue weighted by Gasteiger charge is 2.33. The molecule has 1 fully saturated rings. The Hall–Kier alpha value is -3.19. The van der Waals surface area contributed by atoms with Crippen molar-refractivity contribution in [3.05, 3.63) is 75.8 Å². The second-order valence-electron chi connectivity index (χ2n) is 8.92. The number of hydrogen-bond acceptors (Lipinski definition) is 4. The average molecular weight is 450 g/mol. The number of cyclic esters (lactones) is 1. The lowest BCUT2D eigenvalue weighted by Crippen LogP contribution is -2.33. The van der Waals surface area contributed by atoms with Crippen LogP contribution in [-0.2, 0) is 17.7 Å². The van der Waals surface area contributed by atoms with Gasteiger partial charge in [-0.1, -0.05) is 25.5 Å². The number of rotatable bonds is 8. The molecule has 0 radical (unpaired) electrons. The van der Waals surface area contributed by atoms with E-state index in [1.165, 1.54) is 17.7 Å². The molecular formula is C26H28FN3O3. The van der Waals surface area contributed by atoms with Crippen LogP contribution in [0.15, 0.2) is 53.3 Å². The summed E-state index contributed by atoms with van der Waals surface area (Å²) in [6.45, 7) is 4.05. The van der Waals surface area contributed by atoms with Crippen molar-refractivity contribution in [3.8, 4) is 0 Å². The maximum atomic E-state index is 14.6. The largest absolute Gasteiger partial charge is 0.443 e. The van der Waals surface area contributed by atoms with Crippen LogP contribution < -0.4 is 15.8 Å². The molecule has 172 valence electrons. The van der Waals surface area contributed by atoms with Gasteiger partial charge < -0.3 is 14.6 Å². The van der Waals surface area contributed by atoms with E-state index in [9.17, 15) is 14.0 Å². The van der Waals surface area contributed by atoms with E-state index < -0.39 is 0 Å². The molecule has 0 spiro atoms. The molecule has 2 atom stereocenters. The first kappa shape index (κ1) is 21.6. The second-order valence-corrected chi connectivity index (χ2v) is 8.92. The molecule has 5 rings (SSSR count). The molecule has 0 saturated carbocycles. The van der Waals surface area contributed by atoms with Crippen molar-refractivity contribution in [2.24, 2.45) is 0 Å². The SMILES string of the molecule is CCCCc1ccc(N2C[C@@H](CNC[C@H]3Cn4c(=O)ccc5ccc(F)c3c54)OC2=O)cc1. The van der Waals surface area contributed by atoms with E-state index in [2.05, 4.69) is 24.4 Å². The van der Waals surface area contributed by atoms with E-state index in [4.69, 9.17) is 4.74 Å². The summed E-state index contributed by atoms with van der Waals surface area (Å²) in [6.07, 6.45) is 2.71. The zero-order valence-corrected chi connectivity index (χ0v) is 18.7. The first-order valence-electron chi connectivity index (χ1n) is 11.6. The molecule has 3 aromatic rings. The molecule has 7 heteroatoms. The fourth-order valence-electron chi connectivity index (χ4n) is 4.93. The number of benzene rings is 2. The van der Waals surface area contributed by atoms with E-state index in [1.54, 1.807) is 21.6 Å². The van der Waals surface area contributed by atoms with E-state index in [0.29, 0.717) is 37.3 Å². The molecule has 1 N–H and O–H groups in total. The fourth-order valence-corrected chi connectivity index (χ4v) is 4.93. The standard InChI is InChI=1S/C26H28FN3O3/c1-2-3-4-17-5-9-20(10-6-17)29-16-21(33-26(29)32)14-28-13-19-15-30-23(31)12-8-18-7-11-22(27)24(19)25(18)30/h5-12,19,21,28H,2-4,13-16H2,1H3/t19-,21+/m0/s1. The smallest absolute Gasteiger partial charge is 0.414 e. The van der Waals surface area contributed by atoms with Crippen molar-refractivity contribution in [3.63, 3.8) is 0 Å². The predicted octanol–water partition coefficient (Wildman–Crippen LogP) is 4.20. The number of nitrogens with zero attached hydrogens (tertiary/aromatic N) is 2. The molecule has 2 aromatic carbocycles. The Bertz CT molecular complexity index is 1240. The van der Waals surface area contributed by atoms with Crippen molar-refractivity contribution >= 4 is 22.7 Å². The van der Waals surface area contributed by atoms with Gasteiger partial charge in [-0.15, -0.1) is 0 Å². The van der Waals surface area contributed by atoms with Crippen LogP contribution in [0.5, 0.6) is 0 Å². The van der Waals surface area contributed by atoms with Gasteiger partial charge in [-0.3, -0.25) is 9.69 Å². The Balaban J connectivity index is 1.20. The Morgan fingerprint density at radius 3 is 2.61 bits per heavy atom. The molecule has 2 aliphatic rings. The third-order valence-corrected chi connectivity index (χ3v) is 6.65. The van der Waals surface area contributed by atoms with E-state index in [1.807, 2.05) is 12.1 Å². The molecule has 0 aliphatic carbocycles. The van der Waals surface area contributed by atoms with Crippen LogP contribution in [0, 0.1) is 5.82 Å². The number of hydrogen-bond donors (Lipinski definition) is 1. The number of halogens is 1. The van der Waals surface area contributed by atoms with Crippen LogP contribution in [0.25, 0.3) is 10.9 Å². The zero-order valence-electron chi connectivity index (χ0n) is 18.7. The number of anilines is 1. The zero-order chi connectivity index (χ0) is 22.9. The summed E-state index contributed by atoms with van der Waals surface area (Å²) in [6, 6.07) is 14.5. The van der Waals surface area contributed by atoms with E-state index in [0.717, 1.165) is 30.3 Å². The minimum absolute atomic E-state index is 0.113. The monoisotopic (exact) mass is 449 g/mol. The Labute approximate surface area is 192 Å². The van der Waals surface area contributed by atoms with Gasteiger partial charge in [0.05, 0.1) is 12.1 Å². The molecule has 33 heavy (non-hydrogen) atoms. The molecule has 0 bridgehead atoms. The van der Waals surface area contributed by atoms with Crippen LogP contribution in [0.1, 0.15) is 36.8 Å². The molecule has 2 aliphatic heterocycles. The number of aryl methyl sites for hydroxylation is 1. The minimum atomic E-state index is -0.348. The molecule has 6 nitrogen and oxygen atoms in total. The summed E-state index contributed by atoms with van der Waals surface area (Å²) < 4.78 is 21.8. The molecular weight excluding hydrogens is 421 g/mol. The van der Waals surface area contributed by atoms with Gasteiger partial charge in [0.1, 0.15) is 11.9 Å². The van der Waals surface area contributed by atoms with Gasteiger partial charge in [0.15, 0.2) is 0 Å². The van der Waals surface area contributed by atoms with Crippen LogP contribution in [0.4, 0.5) is 14.9 Å². The van der Waals surface area contributed by atoms with Gasteiger partial charge >= 0.3 is 6.09 Å². The average Bonchev–Trinajstić information content (AvgIpc) is 3.39. The van der Waals surface area contributed by atoms with Gasteiger partial charge in [0.25, 0.3) is 5.56 Å². The first-order chi connectivity index (χ1) is 16.0. The molecule has 1 amide bonds. The third kappa shape index (κ3) is 4.13. The lowest BCUT2D eigenvalue weighted by Gasteiger charge is -2.15. The lowest BCUT2D eigenvalue weighted by atomic mass is 9.99. The number of unbranched alkanes of at least 4 members (excludes halogenated alkanes) is 1. The van der Waals surface area contributed by atoms with E-state index >= 15 is 0 Å². The van der Waals surface area contributed by atoms with Crippen molar-refractivity contribution in [1.29, 1.82) is 0 Å². The van der Waals surface area contributed by atoms with Crippen molar-refractivity contribution in [2.45, 2.75) is 44.8 Å². The molecule has 0 unspecified atom stereocenters. The topological polar surface area (TPSA) is 63.6 Å². The second kappa shape index (κ2) is 8.98. The number of carbonyl (C=O) groups is 1. The van der Waals surface area contributed by atoms with Gasteiger partial charge in [0, 0.05) is 42.9 Å². The molecule has 1 saturated heterocycles.